The van der Waals surface area contributed by atoms with E-state index in [9.17, 15) is 0 Å². The molecule has 0 amide bonds. The van der Waals surface area contributed by atoms with E-state index >= 15 is 0 Å². The van der Waals surface area contributed by atoms with Crippen molar-refractivity contribution >= 4 is 15.9 Å². The van der Waals surface area contributed by atoms with E-state index in [1.54, 1.807) is 32.1 Å². The average molecular weight is 424 g/mol. The Morgan fingerprint density at radius 3 is 2.38 bits per heavy atom. The minimum absolute atomic E-state index is 0.674. The maximum Gasteiger partial charge on any atom is 0.0148 e. The quantitative estimate of drug-likeness (QED) is 0.308. The second kappa shape index (κ2) is 7.72. The van der Waals surface area contributed by atoms with E-state index in [0.717, 1.165) is 34.4 Å². The van der Waals surface area contributed by atoms with Gasteiger partial charge in [-0.2, -0.15) is 0 Å². The van der Waals surface area contributed by atoms with Crippen molar-refractivity contribution in [2.24, 2.45) is 40.4 Å². The maximum atomic E-state index is 3.96. The lowest BCUT2D eigenvalue weighted by Crippen LogP contribution is -2.53. The third kappa shape index (κ3) is 3.25. The molecule has 0 nitrogen and oxygen atoms in total. The Bertz CT molecular complexity index is 487. The number of alkyl halides is 1. The Hall–Kier alpha value is 0.480. The molecule has 26 heavy (non-hydrogen) atoms. The van der Waals surface area contributed by atoms with Gasteiger partial charge in [-0.1, -0.05) is 62.4 Å². The van der Waals surface area contributed by atoms with Crippen LogP contribution in [0.5, 0.6) is 0 Å². The SMILES string of the molecule is CCCCCCC1CCC2C3CCC4CC(Br)CCC4(C)C3CCC12C. The number of fused-ring (bicyclic) bond motifs is 5. The van der Waals surface area contributed by atoms with E-state index in [2.05, 4.69) is 36.7 Å². The first-order valence-electron chi connectivity index (χ1n) is 12.1. The first-order valence-corrected chi connectivity index (χ1v) is 13.0. The fourth-order valence-electron chi connectivity index (χ4n) is 8.61. The second-order valence-electron chi connectivity index (χ2n) is 11.2. The molecular formula is C25H43Br. The predicted molar refractivity (Wildman–Crippen MR) is 117 cm³/mol. The van der Waals surface area contributed by atoms with Crippen LogP contribution in [0.1, 0.15) is 111 Å². The van der Waals surface area contributed by atoms with Crippen molar-refractivity contribution in [3.05, 3.63) is 0 Å². The van der Waals surface area contributed by atoms with E-state index in [-0.39, 0.29) is 0 Å². The zero-order chi connectivity index (χ0) is 18.4. The lowest BCUT2D eigenvalue weighted by Gasteiger charge is -2.61. The fraction of sp³-hybridized carbons (Fsp3) is 1.00. The highest BCUT2D eigenvalue weighted by Crippen LogP contribution is 2.68. The van der Waals surface area contributed by atoms with Crippen LogP contribution < -0.4 is 0 Å². The van der Waals surface area contributed by atoms with Crippen molar-refractivity contribution in [2.75, 3.05) is 0 Å². The number of rotatable bonds is 5. The van der Waals surface area contributed by atoms with Crippen molar-refractivity contribution in [1.82, 2.24) is 0 Å². The highest BCUT2D eigenvalue weighted by molar-refractivity contribution is 9.09. The second-order valence-corrected chi connectivity index (χ2v) is 12.5. The van der Waals surface area contributed by atoms with Gasteiger partial charge in [0.2, 0.25) is 0 Å². The Morgan fingerprint density at radius 1 is 0.808 bits per heavy atom. The van der Waals surface area contributed by atoms with Gasteiger partial charge in [-0.15, -0.1) is 0 Å². The van der Waals surface area contributed by atoms with Crippen LogP contribution in [0, 0.1) is 40.4 Å². The van der Waals surface area contributed by atoms with Gasteiger partial charge in [-0.05, 0) is 105 Å². The summed E-state index contributed by atoms with van der Waals surface area (Å²) in [5.41, 5.74) is 1.37. The summed E-state index contributed by atoms with van der Waals surface area (Å²) < 4.78 is 0. The molecule has 8 atom stereocenters. The Kier molecular flexibility index (Phi) is 5.87. The molecule has 0 aliphatic heterocycles. The topological polar surface area (TPSA) is 0 Å². The summed E-state index contributed by atoms with van der Waals surface area (Å²) in [5.74, 6) is 5.25. The van der Waals surface area contributed by atoms with Gasteiger partial charge in [0.05, 0.1) is 0 Å². The molecule has 0 heterocycles. The van der Waals surface area contributed by atoms with Crippen LogP contribution in [0.4, 0.5) is 0 Å². The number of hydrogen-bond donors (Lipinski definition) is 0. The molecule has 0 radical (unpaired) electrons. The third-order valence-electron chi connectivity index (χ3n) is 10.2. The first-order chi connectivity index (χ1) is 12.5. The number of unbranched alkanes of at least 4 members (excludes halogenated alkanes) is 3. The van der Waals surface area contributed by atoms with Gasteiger partial charge in [0, 0.05) is 4.83 Å². The van der Waals surface area contributed by atoms with Gasteiger partial charge in [-0.25, -0.2) is 0 Å². The molecule has 0 bridgehead atoms. The molecule has 0 saturated heterocycles. The van der Waals surface area contributed by atoms with Crippen LogP contribution in [0.3, 0.4) is 0 Å². The lowest BCUT2D eigenvalue weighted by molar-refractivity contribution is -0.110. The van der Waals surface area contributed by atoms with Crippen molar-refractivity contribution in [1.29, 1.82) is 0 Å². The molecule has 0 aromatic rings. The summed E-state index contributed by atoms with van der Waals surface area (Å²) in [6, 6.07) is 0. The fourth-order valence-corrected chi connectivity index (χ4v) is 9.29. The van der Waals surface area contributed by atoms with Gasteiger partial charge >= 0.3 is 0 Å². The monoisotopic (exact) mass is 422 g/mol. The molecule has 4 fully saturated rings. The Labute approximate surface area is 171 Å². The first kappa shape index (κ1) is 19.8. The van der Waals surface area contributed by atoms with Crippen molar-refractivity contribution in [3.8, 4) is 0 Å². The van der Waals surface area contributed by atoms with E-state index in [0.29, 0.717) is 10.8 Å². The molecule has 8 unspecified atom stereocenters. The minimum Gasteiger partial charge on any atom is -0.0891 e. The summed E-state index contributed by atoms with van der Waals surface area (Å²) in [4.78, 5) is 0.810. The summed E-state index contributed by atoms with van der Waals surface area (Å²) in [5, 5.41) is 0. The molecule has 4 aliphatic carbocycles. The Balaban J connectivity index is 1.46. The van der Waals surface area contributed by atoms with Gasteiger partial charge < -0.3 is 0 Å². The Morgan fingerprint density at radius 2 is 1.58 bits per heavy atom. The maximum absolute atomic E-state index is 3.96. The highest BCUT2D eigenvalue weighted by Gasteiger charge is 2.59. The van der Waals surface area contributed by atoms with Crippen LogP contribution in [0.2, 0.25) is 0 Å². The average Bonchev–Trinajstić information content (AvgIpc) is 2.96. The normalized spacial score (nSPS) is 50.8. The van der Waals surface area contributed by atoms with E-state index in [1.165, 1.54) is 57.8 Å². The van der Waals surface area contributed by atoms with Crippen LogP contribution in [0.15, 0.2) is 0 Å². The molecule has 0 spiro atoms. The summed E-state index contributed by atoms with van der Waals surface area (Å²) in [6.07, 6.45) is 21.1. The standard InChI is InChI=1S/C25H43Br/c1-4-5-6-7-8-18-10-12-22-21-11-9-19-17-20(26)13-15-25(19,3)23(21)14-16-24(18,22)2/h18-23H,4-17H2,1-3H3. The van der Waals surface area contributed by atoms with Gasteiger partial charge in [0.25, 0.3) is 0 Å². The van der Waals surface area contributed by atoms with Crippen LogP contribution in [-0.2, 0) is 0 Å². The molecule has 0 aromatic carbocycles. The van der Waals surface area contributed by atoms with Gasteiger partial charge in [0.1, 0.15) is 0 Å². The van der Waals surface area contributed by atoms with Crippen molar-refractivity contribution in [2.45, 2.75) is 115 Å². The number of hydrogen-bond acceptors (Lipinski definition) is 0. The minimum atomic E-state index is 0.674. The van der Waals surface area contributed by atoms with E-state index < -0.39 is 0 Å². The van der Waals surface area contributed by atoms with Crippen LogP contribution in [0.25, 0.3) is 0 Å². The van der Waals surface area contributed by atoms with Crippen LogP contribution in [-0.4, -0.2) is 4.83 Å². The molecule has 4 aliphatic rings. The largest absolute Gasteiger partial charge is 0.0891 e. The van der Waals surface area contributed by atoms with Crippen molar-refractivity contribution < 1.29 is 0 Å². The predicted octanol–water partition coefficient (Wildman–Crippen LogP) is 8.38. The smallest absolute Gasteiger partial charge is 0.0148 e. The summed E-state index contributed by atoms with van der Waals surface area (Å²) in [7, 11) is 0. The summed E-state index contributed by atoms with van der Waals surface area (Å²) in [6.45, 7) is 7.79. The van der Waals surface area contributed by atoms with Gasteiger partial charge in [-0.3, -0.25) is 0 Å². The molecule has 4 saturated carbocycles. The molecule has 0 N–H and O–H groups in total. The van der Waals surface area contributed by atoms with E-state index in [4.69, 9.17) is 0 Å². The number of halogens is 1. The van der Waals surface area contributed by atoms with Crippen molar-refractivity contribution in [3.63, 3.8) is 0 Å². The zero-order valence-corrected chi connectivity index (χ0v) is 19.3. The van der Waals surface area contributed by atoms with Crippen LogP contribution >= 0.6 is 15.9 Å². The van der Waals surface area contributed by atoms with Gasteiger partial charge in [0.15, 0.2) is 0 Å². The molecule has 0 aromatic heterocycles. The highest BCUT2D eigenvalue weighted by atomic mass is 79.9. The molecule has 4 rings (SSSR count). The summed E-state index contributed by atoms with van der Waals surface area (Å²) >= 11 is 3.96. The molecule has 150 valence electrons. The zero-order valence-electron chi connectivity index (χ0n) is 17.7. The molecule has 1 heteroatoms. The third-order valence-corrected chi connectivity index (χ3v) is 11.0. The van der Waals surface area contributed by atoms with E-state index in [1.807, 2.05) is 0 Å². The molecular weight excluding hydrogens is 380 g/mol. The lowest BCUT2D eigenvalue weighted by atomic mass is 9.45.